The Morgan fingerprint density at radius 3 is 2.52 bits per heavy atom. The van der Waals surface area contributed by atoms with E-state index in [9.17, 15) is 9.59 Å². The van der Waals surface area contributed by atoms with Gasteiger partial charge in [0.15, 0.2) is 6.10 Å². The standard InChI is InChI=1S/C18H25ClN2O4/c1-13(25-16-5-3-14(19)4-6-16)18(23)20-15-7-10-21(11-8-15)17(22)9-12-24-2/h3-6,13,15H,7-12H2,1-2H3,(H,20,23). The first-order valence-electron chi connectivity index (χ1n) is 8.49. The number of ether oxygens (including phenoxy) is 2. The van der Waals surface area contributed by atoms with Crippen molar-refractivity contribution in [3.05, 3.63) is 29.3 Å². The number of carbonyl (C=O) groups is 2. The number of likely N-dealkylation sites (tertiary alicyclic amines) is 1. The van der Waals surface area contributed by atoms with E-state index in [0.717, 1.165) is 12.8 Å². The summed E-state index contributed by atoms with van der Waals surface area (Å²) in [6.45, 7) is 3.46. The van der Waals surface area contributed by atoms with Crippen molar-refractivity contribution in [3.63, 3.8) is 0 Å². The first-order chi connectivity index (χ1) is 12.0. The zero-order chi connectivity index (χ0) is 18.2. The fourth-order valence-corrected chi connectivity index (χ4v) is 2.84. The molecule has 0 aromatic heterocycles. The van der Waals surface area contributed by atoms with Gasteiger partial charge < -0.3 is 19.7 Å². The van der Waals surface area contributed by atoms with Crippen LogP contribution in [0.25, 0.3) is 0 Å². The SMILES string of the molecule is COCCC(=O)N1CCC(NC(=O)C(C)Oc2ccc(Cl)cc2)CC1. The summed E-state index contributed by atoms with van der Waals surface area (Å²) in [6.07, 6.45) is 1.30. The zero-order valence-electron chi connectivity index (χ0n) is 14.7. The van der Waals surface area contributed by atoms with Crippen LogP contribution in [-0.2, 0) is 14.3 Å². The molecule has 0 bridgehead atoms. The summed E-state index contributed by atoms with van der Waals surface area (Å²) < 4.78 is 10.6. The minimum Gasteiger partial charge on any atom is -0.481 e. The molecule has 1 aliphatic heterocycles. The second-order valence-electron chi connectivity index (χ2n) is 6.12. The van der Waals surface area contributed by atoms with E-state index in [4.69, 9.17) is 21.1 Å². The predicted molar refractivity (Wildman–Crippen MR) is 95.8 cm³/mol. The number of benzene rings is 1. The van der Waals surface area contributed by atoms with Gasteiger partial charge in [0.2, 0.25) is 5.91 Å². The summed E-state index contributed by atoms with van der Waals surface area (Å²) in [5.41, 5.74) is 0. The number of hydrogen-bond acceptors (Lipinski definition) is 4. The van der Waals surface area contributed by atoms with Crippen LogP contribution in [0.4, 0.5) is 0 Å². The minimum absolute atomic E-state index is 0.0650. The molecule has 0 saturated carbocycles. The van der Waals surface area contributed by atoms with Crippen LogP contribution in [0, 0.1) is 0 Å². The number of amides is 2. The molecule has 1 aliphatic rings. The fourth-order valence-electron chi connectivity index (χ4n) is 2.71. The molecule has 1 aromatic rings. The van der Waals surface area contributed by atoms with Gasteiger partial charge in [0.1, 0.15) is 5.75 Å². The molecule has 25 heavy (non-hydrogen) atoms. The van der Waals surface area contributed by atoms with Gasteiger partial charge in [0.05, 0.1) is 13.0 Å². The molecule has 1 fully saturated rings. The van der Waals surface area contributed by atoms with E-state index in [0.29, 0.717) is 36.9 Å². The van der Waals surface area contributed by atoms with Gasteiger partial charge >= 0.3 is 0 Å². The van der Waals surface area contributed by atoms with E-state index < -0.39 is 6.10 Å². The lowest BCUT2D eigenvalue weighted by Gasteiger charge is -2.33. The largest absolute Gasteiger partial charge is 0.481 e. The smallest absolute Gasteiger partial charge is 0.260 e. The maximum atomic E-state index is 12.3. The molecule has 1 aromatic carbocycles. The van der Waals surface area contributed by atoms with Crippen molar-refractivity contribution >= 4 is 23.4 Å². The summed E-state index contributed by atoms with van der Waals surface area (Å²) in [4.78, 5) is 26.1. The molecular weight excluding hydrogens is 344 g/mol. The summed E-state index contributed by atoms with van der Waals surface area (Å²) in [6, 6.07) is 6.97. The van der Waals surface area contributed by atoms with E-state index in [2.05, 4.69) is 5.32 Å². The molecule has 1 atom stereocenters. The molecule has 1 saturated heterocycles. The molecule has 0 spiro atoms. The van der Waals surface area contributed by atoms with Crippen LogP contribution >= 0.6 is 11.6 Å². The van der Waals surface area contributed by atoms with Gasteiger partial charge in [-0.3, -0.25) is 9.59 Å². The highest BCUT2D eigenvalue weighted by molar-refractivity contribution is 6.30. The second-order valence-corrected chi connectivity index (χ2v) is 6.56. The topological polar surface area (TPSA) is 67.9 Å². The Labute approximate surface area is 153 Å². The summed E-state index contributed by atoms with van der Waals surface area (Å²) in [5.74, 6) is 0.552. The highest BCUT2D eigenvalue weighted by Gasteiger charge is 2.25. The zero-order valence-corrected chi connectivity index (χ0v) is 15.4. The van der Waals surface area contributed by atoms with E-state index in [1.165, 1.54) is 0 Å². The van der Waals surface area contributed by atoms with Crippen LogP contribution < -0.4 is 10.1 Å². The van der Waals surface area contributed by atoms with Gasteiger partial charge in [-0.25, -0.2) is 0 Å². The van der Waals surface area contributed by atoms with Crippen LogP contribution in [0.5, 0.6) is 5.75 Å². The van der Waals surface area contributed by atoms with Crippen LogP contribution in [0.15, 0.2) is 24.3 Å². The number of nitrogens with one attached hydrogen (secondary N) is 1. The fraction of sp³-hybridized carbons (Fsp3) is 0.556. The number of hydrogen-bond donors (Lipinski definition) is 1. The van der Waals surface area contributed by atoms with E-state index >= 15 is 0 Å². The van der Waals surface area contributed by atoms with Crippen molar-refractivity contribution in [2.75, 3.05) is 26.8 Å². The molecule has 0 aliphatic carbocycles. The number of piperidine rings is 1. The molecule has 138 valence electrons. The number of methoxy groups -OCH3 is 1. The first kappa shape index (κ1) is 19.5. The third kappa shape index (κ3) is 6.21. The van der Waals surface area contributed by atoms with Crippen LogP contribution in [0.3, 0.4) is 0 Å². The van der Waals surface area contributed by atoms with Crippen LogP contribution in [0.2, 0.25) is 5.02 Å². The molecule has 0 radical (unpaired) electrons. The molecule has 2 rings (SSSR count). The highest BCUT2D eigenvalue weighted by atomic mass is 35.5. The van der Waals surface area contributed by atoms with Gasteiger partial charge in [-0.1, -0.05) is 11.6 Å². The van der Waals surface area contributed by atoms with Gasteiger partial charge in [-0.15, -0.1) is 0 Å². The summed E-state index contributed by atoms with van der Waals surface area (Å²) >= 11 is 5.83. The highest BCUT2D eigenvalue weighted by Crippen LogP contribution is 2.17. The van der Waals surface area contributed by atoms with Crippen LogP contribution in [-0.4, -0.2) is 55.7 Å². The molecule has 1 N–H and O–H groups in total. The predicted octanol–water partition coefficient (Wildman–Crippen LogP) is 2.25. The second kappa shape index (κ2) is 9.63. The lowest BCUT2D eigenvalue weighted by molar-refractivity contribution is -0.133. The Balaban J connectivity index is 1.74. The number of halogens is 1. The molecule has 2 amide bonds. The normalized spacial score (nSPS) is 16.4. The Hall–Kier alpha value is -1.79. The molecule has 6 nitrogen and oxygen atoms in total. The third-order valence-corrected chi connectivity index (χ3v) is 4.46. The molecule has 1 heterocycles. The maximum absolute atomic E-state index is 12.3. The molecule has 7 heteroatoms. The Morgan fingerprint density at radius 1 is 1.28 bits per heavy atom. The quantitative estimate of drug-likeness (QED) is 0.801. The summed E-state index contributed by atoms with van der Waals surface area (Å²) in [7, 11) is 1.59. The number of carbonyl (C=O) groups excluding carboxylic acids is 2. The van der Waals surface area contributed by atoms with Gasteiger partial charge in [0, 0.05) is 31.3 Å². The van der Waals surface area contributed by atoms with E-state index in [-0.39, 0.29) is 17.9 Å². The minimum atomic E-state index is -0.595. The van der Waals surface area contributed by atoms with Gasteiger partial charge in [0.25, 0.3) is 5.91 Å². The first-order valence-corrected chi connectivity index (χ1v) is 8.86. The third-order valence-electron chi connectivity index (χ3n) is 4.21. The van der Waals surface area contributed by atoms with Crippen LogP contribution in [0.1, 0.15) is 26.2 Å². The number of nitrogens with zero attached hydrogens (tertiary/aromatic N) is 1. The van der Waals surface area contributed by atoms with Crippen molar-refractivity contribution in [3.8, 4) is 5.75 Å². The van der Waals surface area contributed by atoms with E-state index in [1.54, 1.807) is 38.3 Å². The van der Waals surface area contributed by atoms with Crippen molar-refractivity contribution in [2.45, 2.75) is 38.3 Å². The lowest BCUT2D eigenvalue weighted by atomic mass is 10.0. The summed E-state index contributed by atoms with van der Waals surface area (Å²) in [5, 5.41) is 3.62. The maximum Gasteiger partial charge on any atom is 0.260 e. The number of rotatable bonds is 7. The van der Waals surface area contributed by atoms with Crippen molar-refractivity contribution in [2.24, 2.45) is 0 Å². The van der Waals surface area contributed by atoms with Gasteiger partial charge in [-0.05, 0) is 44.0 Å². The van der Waals surface area contributed by atoms with Gasteiger partial charge in [-0.2, -0.15) is 0 Å². The average Bonchev–Trinajstić information content (AvgIpc) is 2.62. The Bertz CT molecular complexity index is 571. The van der Waals surface area contributed by atoms with Crippen molar-refractivity contribution in [1.29, 1.82) is 0 Å². The van der Waals surface area contributed by atoms with Crippen molar-refractivity contribution < 1.29 is 19.1 Å². The molecule has 1 unspecified atom stereocenters. The van der Waals surface area contributed by atoms with E-state index in [1.807, 2.05) is 4.90 Å². The van der Waals surface area contributed by atoms with Crippen molar-refractivity contribution in [1.82, 2.24) is 10.2 Å². The Kier molecular flexibility index (Phi) is 7.52. The monoisotopic (exact) mass is 368 g/mol. The Morgan fingerprint density at radius 2 is 1.92 bits per heavy atom. The average molecular weight is 369 g/mol. The lowest BCUT2D eigenvalue weighted by Crippen LogP contribution is -2.49. The molecular formula is C18H25ClN2O4.